The van der Waals surface area contributed by atoms with Crippen molar-refractivity contribution in [2.45, 2.75) is 51.1 Å². The van der Waals surface area contributed by atoms with E-state index in [1.54, 1.807) is 0 Å². The smallest absolute Gasteiger partial charge is 0.119 e. The summed E-state index contributed by atoms with van der Waals surface area (Å²) in [4.78, 5) is 0.844. The number of hydrogen-bond acceptors (Lipinski definition) is 2. The van der Waals surface area contributed by atoms with Crippen LogP contribution in [-0.4, -0.2) is 23.0 Å². The summed E-state index contributed by atoms with van der Waals surface area (Å²) in [5, 5.41) is 0. The van der Waals surface area contributed by atoms with E-state index in [0.29, 0.717) is 0 Å². The van der Waals surface area contributed by atoms with Crippen molar-refractivity contribution in [1.29, 1.82) is 0 Å². The molecule has 94 valence electrons. The molecule has 2 rings (SSSR count). The van der Waals surface area contributed by atoms with Gasteiger partial charge in [0.15, 0.2) is 0 Å². The minimum absolute atomic E-state index is 0.273. The zero-order valence-electron chi connectivity index (χ0n) is 23.8. The van der Waals surface area contributed by atoms with Gasteiger partial charge in [-0.2, -0.15) is 0 Å². The van der Waals surface area contributed by atoms with E-state index in [0.717, 1.165) is 18.7 Å². The fourth-order valence-corrected chi connectivity index (χ4v) is 1.91. The van der Waals surface area contributed by atoms with Crippen molar-refractivity contribution in [3.63, 3.8) is 0 Å². The molecule has 2 nitrogen and oxygen atoms in total. The Balaban J connectivity index is 3.03. The third-order valence-electron chi connectivity index (χ3n) is 2.86. The molecule has 1 aromatic rings. The SMILES string of the molecule is [2H]c1c([2H])c([2H])c(C([2H])(N([2H])[2H])C(C)(N2CCC([2H])([2H])C2([2H])C)C([2H])([2H])[2H])c([2H])c1[2H]. The van der Waals surface area contributed by atoms with Gasteiger partial charge in [-0.15, -0.1) is 0 Å². The summed E-state index contributed by atoms with van der Waals surface area (Å²) < 4.78 is 114. The first-order chi connectivity index (χ1) is 13.7. The minimum atomic E-state index is -3.24. The van der Waals surface area contributed by atoms with Crippen molar-refractivity contribution in [2.24, 2.45) is 5.72 Å². The van der Waals surface area contributed by atoms with Crippen LogP contribution in [0.1, 0.15) is 61.5 Å². The Labute approximate surface area is 125 Å². The standard InChI is InChI=1S/C15H24N2/c1-12-8-7-11-17(12)15(2,3)14(16)13-9-5-4-6-10-13/h4-6,9-10,12,14H,7-8,11,16H2,1-3H3/i2D3,4D,5D,6D,8D2,9D,10D,12D,14D/hD2. The first-order valence-corrected chi connectivity index (χ1v) is 5.34. The lowest BCUT2D eigenvalue weighted by atomic mass is 9.87. The highest BCUT2D eigenvalue weighted by Crippen LogP contribution is 2.34. The van der Waals surface area contributed by atoms with Crippen LogP contribution in [0.2, 0.25) is 2.82 Å². The highest BCUT2D eigenvalue weighted by molar-refractivity contribution is 5.22. The summed E-state index contributed by atoms with van der Waals surface area (Å²) >= 11 is 0. The average Bonchev–Trinajstić information content (AvgIpc) is 2.84. The Bertz CT molecular complexity index is 852. The lowest BCUT2D eigenvalue weighted by Crippen LogP contribution is -2.52. The molecule has 2 heteroatoms. The Morgan fingerprint density at radius 1 is 1.76 bits per heavy atom. The molecule has 0 aliphatic carbocycles. The molecule has 1 heterocycles. The molecular weight excluding hydrogens is 208 g/mol. The molecule has 3 unspecified atom stereocenters. The Morgan fingerprint density at radius 3 is 3.06 bits per heavy atom. The van der Waals surface area contributed by atoms with Gasteiger partial charge in [-0.1, -0.05) is 30.2 Å². The van der Waals surface area contributed by atoms with Crippen LogP contribution >= 0.6 is 0 Å². The normalized spacial score (nSPS) is 48.6. The first-order valence-electron chi connectivity index (χ1n) is 12.2. The predicted molar refractivity (Wildman–Crippen MR) is 72.9 cm³/mol. The van der Waals surface area contributed by atoms with Crippen molar-refractivity contribution >= 4 is 0 Å². The molecule has 1 aromatic carbocycles. The first kappa shape index (κ1) is 3.82. The van der Waals surface area contributed by atoms with Gasteiger partial charge in [0.2, 0.25) is 0 Å². The van der Waals surface area contributed by atoms with Crippen LogP contribution in [0.4, 0.5) is 0 Å². The van der Waals surface area contributed by atoms with Crippen molar-refractivity contribution < 1.29 is 19.3 Å². The number of likely N-dealkylation sites (tertiary alicyclic amines) is 1. The van der Waals surface area contributed by atoms with Crippen LogP contribution in [0.3, 0.4) is 0 Å². The van der Waals surface area contributed by atoms with Crippen molar-refractivity contribution in [2.75, 3.05) is 6.54 Å². The summed E-state index contributed by atoms with van der Waals surface area (Å²) in [6.07, 6.45) is -2.49. The summed E-state index contributed by atoms with van der Waals surface area (Å²) in [6.45, 7) is -1.50. The molecule has 0 radical (unpaired) electrons. The van der Waals surface area contributed by atoms with Crippen LogP contribution in [0, 0.1) is 0 Å². The van der Waals surface area contributed by atoms with E-state index < -0.39 is 66.6 Å². The maximum Gasteiger partial charge on any atom is 0.119 e. The third kappa shape index (κ3) is 2.38. The number of hydrogen-bond donors (Lipinski definition) is 1. The van der Waals surface area contributed by atoms with Crippen LogP contribution in [0.25, 0.3) is 0 Å². The second-order valence-electron chi connectivity index (χ2n) is 4.08. The van der Waals surface area contributed by atoms with Gasteiger partial charge in [-0.25, -0.2) is 0 Å². The molecule has 3 atom stereocenters. The third-order valence-corrected chi connectivity index (χ3v) is 2.86. The van der Waals surface area contributed by atoms with E-state index in [1.165, 1.54) is 0 Å². The highest BCUT2D eigenvalue weighted by Gasteiger charge is 2.38. The van der Waals surface area contributed by atoms with Crippen LogP contribution < -0.4 is 5.72 Å². The van der Waals surface area contributed by atoms with Gasteiger partial charge in [-0.3, -0.25) is 4.90 Å². The van der Waals surface area contributed by atoms with Crippen molar-refractivity contribution in [3.8, 4) is 0 Å². The molecule has 1 saturated heterocycles. The Kier molecular flexibility index (Phi) is 1.07. The highest BCUT2D eigenvalue weighted by atomic mass is 15.2. The average molecular weight is 246 g/mol. The van der Waals surface area contributed by atoms with Gasteiger partial charge in [0.25, 0.3) is 0 Å². The Morgan fingerprint density at radius 2 is 2.53 bits per heavy atom. The molecule has 0 bridgehead atoms. The number of benzene rings is 1. The van der Waals surface area contributed by atoms with Gasteiger partial charge in [0, 0.05) is 25.8 Å². The molecule has 17 heavy (non-hydrogen) atoms. The van der Waals surface area contributed by atoms with Crippen LogP contribution in [-0.2, 0) is 0 Å². The number of rotatable bonds is 4. The second-order valence-corrected chi connectivity index (χ2v) is 4.08. The number of nitrogens with zero attached hydrogens (tertiary/aromatic N) is 1. The van der Waals surface area contributed by atoms with Gasteiger partial charge in [0.05, 0.1) is 8.22 Å². The van der Waals surface area contributed by atoms with E-state index in [1.807, 2.05) is 0 Å². The van der Waals surface area contributed by atoms with Crippen LogP contribution in [0.5, 0.6) is 0 Å². The van der Waals surface area contributed by atoms with E-state index in [9.17, 15) is 0 Å². The lowest BCUT2D eigenvalue weighted by Gasteiger charge is -2.43. The summed E-state index contributed by atoms with van der Waals surface area (Å²) in [5.74, 6) is 0. The fraction of sp³-hybridized carbons (Fsp3) is 0.600. The lowest BCUT2D eigenvalue weighted by molar-refractivity contribution is 0.0876. The molecule has 1 aliphatic heterocycles. The van der Waals surface area contributed by atoms with E-state index in [4.69, 9.17) is 19.3 Å². The molecule has 0 amide bonds. The quantitative estimate of drug-likeness (QED) is 0.885. The summed E-state index contributed by atoms with van der Waals surface area (Å²) in [7, 11) is 0. The van der Waals surface area contributed by atoms with Crippen LogP contribution in [0.15, 0.2) is 30.2 Å². The molecule has 0 aromatic heterocycles. The fourth-order valence-electron chi connectivity index (χ4n) is 1.91. The Hall–Kier alpha value is -0.860. The molecule has 0 spiro atoms. The van der Waals surface area contributed by atoms with Gasteiger partial charge >= 0.3 is 0 Å². The van der Waals surface area contributed by atoms with E-state index >= 15 is 0 Å². The molecule has 0 saturated carbocycles. The zero-order valence-corrected chi connectivity index (χ0v) is 9.81. The molecule has 1 aliphatic rings. The van der Waals surface area contributed by atoms with Crippen molar-refractivity contribution in [1.82, 2.24) is 4.90 Å². The monoisotopic (exact) mass is 246 g/mol. The largest absolute Gasteiger partial charge is 0.322 e. The maximum atomic E-state index is 9.02. The van der Waals surface area contributed by atoms with Crippen molar-refractivity contribution in [3.05, 3.63) is 35.8 Å². The van der Waals surface area contributed by atoms with E-state index in [2.05, 4.69) is 0 Å². The molecular formula is C15H24N2. The summed E-state index contributed by atoms with van der Waals surface area (Å²) in [6, 6.07) is -9.77. The van der Waals surface area contributed by atoms with Gasteiger partial charge < -0.3 is 5.72 Å². The van der Waals surface area contributed by atoms with Gasteiger partial charge in [-0.05, 0) is 45.6 Å². The van der Waals surface area contributed by atoms with Gasteiger partial charge in [0.1, 0.15) is 2.82 Å². The maximum absolute atomic E-state index is 9.02. The molecule has 1 fully saturated rings. The zero-order chi connectivity index (χ0) is 24.5. The van der Waals surface area contributed by atoms with E-state index in [-0.39, 0.29) is 18.7 Å². The number of nitrogens with two attached hydrogens (primary N) is 1. The minimum Gasteiger partial charge on any atom is -0.322 e. The topological polar surface area (TPSA) is 29.3 Å². The molecule has 2 N–H and O–H groups in total. The summed E-state index contributed by atoms with van der Waals surface area (Å²) in [5.41, 5.74) is -3.96. The predicted octanol–water partition coefficient (Wildman–Crippen LogP) is 2.95. The second kappa shape index (κ2) is 4.79.